The highest BCUT2D eigenvalue weighted by Crippen LogP contribution is 2.04. The van der Waals surface area contributed by atoms with Gasteiger partial charge in [0.05, 0.1) is 7.11 Å². The first-order valence-corrected chi connectivity index (χ1v) is 3.97. The number of hydrogen-bond acceptors (Lipinski definition) is 5. The molecule has 0 amide bonds. The maximum Gasteiger partial charge on any atom is 0.492 e. The highest BCUT2D eigenvalue weighted by Gasteiger charge is 2.24. The fraction of sp³-hybridized carbons (Fsp3) is 0.143. The standard InChI is InChI=1S/C7H10B2O5/c1-14-7-5(8(10)11)3-2-4-6(7)9(12)13/h2-4,10-13H,1H3. The van der Waals surface area contributed by atoms with Crippen molar-refractivity contribution in [1.82, 2.24) is 0 Å². The molecule has 5 nitrogen and oxygen atoms in total. The summed E-state index contributed by atoms with van der Waals surface area (Å²) in [6.07, 6.45) is 0. The second-order valence-corrected chi connectivity index (χ2v) is 2.72. The largest absolute Gasteiger partial charge is 0.497 e. The molecule has 4 N–H and O–H groups in total. The minimum Gasteiger partial charge on any atom is -0.497 e. The summed E-state index contributed by atoms with van der Waals surface area (Å²) in [7, 11) is -2.10. The Kier molecular flexibility index (Phi) is 3.54. The maximum atomic E-state index is 8.95. The number of ether oxygens (including phenoxy) is 1. The van der Waals surface area contributed by atoms with E-state index < -0.39 is 14.2 Å². The first-order chi connectivity index (χ1) is 6.57. The fourth-order valence-corrected chi connectivity index (χ4v) is 1.22. The predicted molar refractivity (Wildman–Crippen MR) is 52.6 cm³/mol. The van der Waals surface area contributed by atoms with Crippen molar-refractivity contribution >= 4 is 25.2 Å². The molecule has 0 aromatic heterocycles. The van der Waals surface area contributed by atoms with Gasteiger partial charge in [0.25, 0.3) is 0 Å². The van der Waals surface area contributed by atoms with Gasteiger partial charge in [-0.15, -0.1) is 0 Å². The third-order valence-corrected chi connectivity index (χ3v) is 1.84. The Balaban J connectivity index is 3.25. The lowest BCUT2D eigenvalue weighted by molar-refractivity contribution is 0.398. The summed E-state index contributed by atoms with van der Waals surface area (Å²) in [6, 6.07) is 4.33. The van der Waals surface area contributed by atoms with Crippen LogP contribution < -0.4 is 15.7 Å². The molecule has 1 rings (SSSR count). The first-order valence-electron chi connectivity index (χ1n) is 3.97. The average Bonchev–Trinajstić information content (AvgIpc) is 2.16. The van der Waals surface area contributed by atoms with E-state index in [0.29, 0.717) is 0 Å². The van der Waals surface area contributed by atoms with Crippen LogP contribution >= 0.6 is 0 Å². The third kappa shape index (κ3) is 2.08. The Morgan fingerprint density at radius 1 is 1.00 bits per heavy atom. The van der Waals surface area contributed by atoms with Crippen LogP contribution in [0, 0.1) is 0 Å². The van der Waals surface area contributed by atoms with Gasteiger partial charge in [-0.3, -0.25) is 0 Å². The van der Waals surface area contributed by atoms with Crippen molar-refractivity contribution in [2.24, 2.45) is 0 Å². The van der Waals surface area contributed by atoms with E-state index >= 15 is 0 Å². The molecule has 0 aliphatic heterocycles. The Labute approximate surface area is 81.9 Å². The van der Waals surface area contributed by atoms with Gasteiger partial charge in [0.2, 0.25) is 0 Å². The first kappa shape index (κ1) is 11.1. The zero-order valence-corrected chi connectivity index (χ0v) is 7.58. The summed E-state index contributed by atoms with van der Waals surface area (Å²) >= 11 is 0. The molecule has 0 fully saturated rings. The molecule has 74 valence electrons. The molecule has 0 saturated carbocycles. The van der Waals surface area contributed by atoms with E-state index in [1.807, 2.05) is 0 Å². The Bertz CT molecular complexity index is 289. The van der Waals surface area contributed by atoms with Gasteiger partial charge in [0.15, 0.2) is 0 Å². The van der Waals surface area contributed by atoms with Crippen LogP contribution in [-0.2, 0) is 0 Å². The van der Waals surface area contributed by atoms with Crippen molar-refractivity contribution in [2.45, 2.75) is 0 Å². The van der Waals surface area contributed by atoms with Crippen molar-refractivity contribution in [3.63, 3.8) is 0 Å². The van der Waals surface area contributed by atoms with Crippen molar-refractivity contribution in [1.29, 1.82) is 0 Å². The Morgan fingerprint density at radius 2 is 1.43 bits per heavy atom. The minimum absolute atomic E-state index is 0.0671. The van der Waals surface area contributed by atoms with Crippen LogP contribution in [0.3, 0.4) is 0 Å². The van der Waals surface area contributed by atoms with Gasteiger partial charge in [-0.2, -0.15) is 0 Å². The van der Waals surface area contributed by atoms with Gasteiger partial charge in [0.1, 0.15) is 5.75 Å². The van der Waals surface area contributed by atoms with Gasteiger partial charge in [-0.05, 0) is 0 Å². The average molecular weight is 196 g/mol. The second kappa shape index (κ2) is 4.47. The minimum atomic E-state index is -1.70. The number of methoxy groups -OCH3 is 1. The zero-order chi connectivity index (χ0) is 10.7. The molecule has 1 aromatic carbocycles. The van der Waals surface area contributed by atoms with E-state index in [2.05, 4.69) is 0 Å². The topological polar surface area (TPSA) is 90.2 Å². The summed E-state index contributed by atoms with van der Waals surface area (Å²) in [5.74, 6) is 0.0671. The van der Waals surface area contributed by atoms with E-state index in [4.69, 9.17) is 24.8 Å². The van der Waals surface area contributed by atoms with Crippen LogP contribution in [0.15, 0.2) is 18.2 Å². The van der Waals surface area contributed by atoms with E-state index in [1.54, 1.807) is 0 Å². The molecule has 0 aliphatic carbocycles. The van der Waals surface area contributed by atoms with Crippen molar-refractivity contribution in [2.75, 3.05) is 7.11 Å². The van der Waals surface area contributed by atoms with Crippen molar-refractivity contribution in [3.05, 3.63) is 18.2 Å². The summed E-state index contributed by atoms with van der Waals surface area (Å²) in [5.41, 5.74) is 0.191. The molecule has 0 spiro atoms. The van der Waals surface area contributed by atoms with Gasteiger partial charge in [-0.25, -0.2) is 0 Å². The highest BCUT2D eigenvalue weighted by molar-refractivity contribution is 6.64. The third-order valence-electron chi connectivity index (χ3n) is 1.84. The number of hydrogen-bond donors (Lipinski definition) is 4. The quantitative estimate of drug-likeness (QED) is 0.388. The van der Waals surface area contributed by atoms with E-state index in [9.17, 15) is 0 Å². The summed E-state index contributed by atoms with van der Waals surface area (Å²) < 4.78 is 4.86. The van der Waals surface area contributed by atoms with Crippen LogP contribution in [0.4, 0.5) is 0 Å². The van der Waals surface area contributed by atoms with E-state index in [1.165, 1.54) is 25.3 Å². The van der Waals surface area contributed by atoms with Crippen LogP contribution in [0.2, 0.25) is 0 Å². The molecule has 0 radical (unpaired) electrons. The number of para-hydroxylation sites is 1. The summed E-state index contributed by atoms with van der Waals surface area (Å²) in [5, 5.41) is 35.8. The van der Waals surface area contributed by atoms with Crippen molar-refractivity contribution in [3.8, 4) is 5.75 Å². The molecule has 0 bridgehead atoms. The highest BCUT2D eigenvalue weighted by atomic mass is 16.5. The predicted octanol–water partition coefficient (Wildman–Crippen LogP) is -2.95. The molecular formula is C7H10B2O5. The van der Waals surface area contributed by atoms with Crippen LogP contribution in [-0.4, -0.2) is 41.4 Å². The molecule has 7 heteroatoms. The monoisotopic (exact) mass is 196 g/mol. The zero-order valence-electron chi connectivity index (χ0n) is 7.58. The van der Waals surface area contributed by atoms with Crippen LogP contribution in [0.5, 0.6) is 5.75 Å². The van der Waals surface area contributed by atoms with Crippen molar-refractivity contribution < 1.29 is 24.8 Å². The maximum absolute atomic E-state index is 8.95. The Hall–Kier alpha value is -1.01. The SMILES string of the molecule is COc1c(B(O)O)cccc1B(O)O. The lowest BCUT2D eigenvalue weighted by Gasteiger charge is -2.12. The van der Waals surface area contributed by atoms with E-state index in [0.717, 1.165) is 0 Å². The van der Waals surface area contributed by atoms with Gasteiger partial charge in [0, 0.05) is 10.9 Å². The summed E-state index contributed by atoms with van der Waals surface area (Å²) in [4.78, 5) is 0. The lowest BCUT2D eigenvalue weighted by Crippen LogP contribution is -2.39. The normalized spacial score (nSPS) is 9.79. The molecule has 0 aliphatic rings. The van der Waals surface area contributed by atoms with Crippen LogP contribution in [0.25, 0.3) is 0 Å². The van der Waals surface area contributed by atoms with E-state index in [-0.39, 0.29) is 16.7 Å². The summed E-state index contributed by atoms with van der Waals surface area (Å²) in [6.45, 7) is 0. The Morgan fingerprint density at radius 3 is 1.71 bits per heavy atom. The molecule has 1 aromatic rings. The number of benzene rings is 1. The molecule has 0 unspecified atom stereocenters. The number of rotatable bonds is 3. The molecular weight excluding hydrogens is 186 g/mol. The molecule has 14 heavy (non-hydrogen) atoms. The smallest absolute Gasteiger partial charge is 0.492 e. The molecule has 0 atom stereocenters. The molecule has 0 heterocycles. The van der Waals surface area contributed by atoms with Gasteiger partial charge >= 0.3 is 14.2 Å². The van der Waals surface area contributed by atoms with Crippen LogP contribution in [0.1, 0.15) is 0 Å². The second-order valence-electron chi connectivity index (χ2n) is 2.72. The molecule has 0 saturated heterocycles. The van der Waals surface area contributed by atoms with Gasteiger partial charge in [-0.1, -0.05) is 18.2 Å². The fourth-order valence-electron chi connectivity index (χ4n) is 1.22. The van der Waals surface area contributed by atoms with Gasteiger partial charge < -0.3 is 24.8 Å². The lowest BCUT2D eigenvalue weighted by atomic mass is 9.71.